The van der Waals surface area contributed by atoms with E-state index in [1.807, 2.05) is 6.92 Å². The van der Waals surface area contributed by atoms with Crippen molar-refractivity contribution < 1.29 is 18.7 Å². The van der Waals surface area contributed by atoms with Gasteiger partial charge in [0.15, 0.2) is 0 Å². The largest absolute Gasteiger partial charge is 0.478 e. The summed E-state index contributed by atoms with van der Waals surface area (Å²) in [6.45, 7) is 4.18. The molecule has 2 aromatic rings. The van der Waals surface area contributed by atoms with E-state index in [2.05, 4.69) is 15.6 Å². The molecule has 0 saturated carbocycles. The van der Waals surface area contributed by atoms with E-state index in [0.29, 0.717) is 42.5 Å². The van der Waals surface area contributed by atoms with E-state index in [4.69, 9.17) is 9.47 Å². The van der Waals surface area contributed by atoms with Crippen molar-refractivity contribution in [3.8, 4) is 5.88 Å². The van der Waals surface area contributed by atoms with E-state index < -0.39 is 5.82 Å². The number of hydrogen-bond donors (Lipinski definition) is 2. The van der Waals surface area contributed by atoms with Crippen LogP contribution in [0.1, 0.15) is 28.9 Å². The third kappa shape index (κ3) is 4.32. The highest BCUT2D eigenvalue weighted by atomic mass is 19.1. The van der Waals surface area contributed by atoms with Gasteiger partial charge in [0.1, 0.15) is 5.82 Å². The molecular weight excluding hydrogens is 325 g/mol. The third-order valence-corrected chi connectivity index (χ3v) is 3.82. The van der Waals surface area contributed by atoms with Crippen LogP contribution < -0.4 is 15.4 Å². The molecule has 1 aliphatic rings. The Morgan fingerprint density at radius 1 is 1.44 bits per heavy atom. The molecule has 1 aromatic heterocycles. The van der Waals surface area contributed by atoms with Gasteiger partial charge in [-0.15, -0.1) is 0 Å². The average molecular weight is 345 g/mol. The van der Waals surface area contributed by atoms with E-state index in [0.717, 1.165) is 6.54 Å². The molecule has 6 nitrogen and oxygen atoms in total. The van der Waals surface area contributed by atoms with Gasteiger partial charge in [0.25, 0.3) is 5.91 Å². The second kappa shape index (κ2) is 8.04. The van der Waals surface area contributed by atoms with E-state index in [1.54, 1.807) is 24.3 Å². The predicted molar refractivity (Wildman–Crippen MR) is 91.3 cm³/mol. The number of morpholine rings is 1. The van der Waals surface area contributed by atoms with Crippen LogP contribution in [0.4, 0.5) is 10.1 Å². The van der Waals surface area contributed by atoms with Crippen LogP contribution in [0, 0.1) is 5.82 Å². The molecule has 0 bridgehead atoms. The van der Waals surface area contributed by atoms with E-state index in [-0.39, 0.29) is 12.0 Å². The zero-order chi connectivity index (χ0) is 17.6. The van der Waals surface area contributed by atoms with Gasteiger partial charge in [-0.05, 0) is 25.1 Å². The Hall–Kier alpha value is -2.51. The molecule has 1 atom stereocenters. The molecule has 1 unspecified atom stereocenters. The van der Waals surface area contributed by atoms with Gasteiger partial charge in [0, 0.05) is 42.2 Å². The Kier molecular flexibility index (Phi) is 5.57. The molecule has 2 N–H and O–H groups in total. The minimum Gasteiger partial charge on any atom is -0.478 e. The highest BCUT2D eigenvalue weighted by Crippen LogP contribution is 2.24. The molecule has 2 heterocycles. The van der Waals surface area contributed by atoms with Crippen LogP contribution in [-0.4, -0.2) is 37.2 Å². The molecule has 0 radical (unpaired) electrons. The predicted octanol–water partition coefficient (Wildman–Crippen LogP) is 2.53. The summed E-state index contributed by atoms with van der Waals surface area (Å²) >= 11 is 0. The van der Waals surface area contributed by atoms with Crippen molar-refractivity contribution in [1.82, 2.24) is 10.3 Å². The van der Waals surface area contributed by atoms with Crippen LogP contribution in [0.3, 0.4) is 0 Å². The Bertz CT molecular complexity index is 748. The van der Waals surface area contributed by atoms with Crippen molar-refractivity contribution in [2.45, 2.75) is 13.0 Å². The van der Waals surface area contributed by atoms with E-state index in [1.165, 1.54) is 12.3 Å². The molecule has 1 saturated heterocycles. The summed E-state index contributed by atoms with van der Waals surface area (Å²) in [5, 5.41) is 5.85. The number of benzene rings is 1. The maximum Gasteiger partial charge on any atom is 0.255 e. The highest BCUT2D eigenvalue weighted by Gasteiger charge is 2.19. The van der Waals surface area contributed by atoms with Crippen LogP contribution in [0.15, 0.2) is 36.5 Å². The second-order valence-electron chi connectivity index (χ2n) is 5.57. The Labute approximate surface area is 145 Å². The summed E-state index contributed by atoms with van der Waals surface area (Å²) < 4.78 is 25.2. The summed E-state index contributed by atoms with van der Waals surface area (Å²) in [6.07, 6.45) is 1.18. The van der Waals surface area contributed by atoms with E-state index >= 15 is 0 Å². The van der Waals surface area contributed by atoms with Gasteiger partial charge in [-0.1, -0.05) is 6.07 Å². The first-order valence-corrected chi connectivity index (χ1v) is 8.19. The lowest BCUT2D eigenvalue weighted by Gasteiger charge is -2.24. The molecular formula is C18H20FN3O3. The van der Waals surface area contributed by atoms with Crippen molar-refractivity contribution in [1.29, 1.82) is 0 Å². The standard InChI is InChI=1S/C18H20FN3O3/c1-2-24-17-9-12(5-6-21-17)18(23)22-13-3-4-14(15(19)10-13)16-11-20-7-8-25-16/h3-6,9-10,16,20H,2,7-8,11H2,1H3,(H,22,23). The first-order chi connectivity index (χ1) is 12.2. The number of pyridine rings is 1. The summed E-state index contributed by atoms with van der Waals surface area (Å²) in [7, 11) is 0. The number of aromatic nitrogens is 1. The fourth-order valence-electron chi connectivity index (χ4n) is 2.61. The number of anilines is 1. The maximum absolute atomic E-state index is 14.4. The number of carbonyl (C=O) groups is 1. The first kappa shape index (κ1) is 17.3. The molecule has 3 rings (SSSR count). The van der Waals surface area contributed by atoms with Crippen molar-refractivity contribution in [2.24, 2.45) is 0 Å². The van der Waals surface area contributed by atoms with Crippen LogP contribution in [0.5, 0.6) is 5.88 Å². The van der Waals surface area contributed by atoms with Gasteiger partial charge in [0.05, 0.1) is 19.3 Å². The van der Waals surface area contributed by atoms with Crippen molar-refractivity contribution in [3.05, 3.63) is 53.5 Å². The quantitative estimate of drug-likeness (QED) is 0.871. The molecule has 0 aliphatic carbocycles. The number of nitrogens with one attached hydrogen (secondary N) is 2. The van der Waals surface area contributed by atoms with Gasteiger partial charge in [-0.2, -0.15) is 0 Å². The smallest absolute Gasteiger partial charge is 0.255 e. The molecule has 132 valence electrons. The van der Waals surface area contributed by atoms with Crippen molar-refractivity contribution >= 4 is 11.6 Å². The maximum atomic E-state index is 14.4. The molecule has 1 amide bonds. The lowest BCUT2D eigenvalue weighted by atomic mass is 10.1. The minimum absolute atomic E-state index is 0.313. The SMILES string of the molecule is CCOc1cc(C(=O)Nc2ccc(C3CNCCO3)c(F)c2)ccn1. The zero-order valence-corrected chi connectivity index (χ0v) is 13.9. The fourth-order valence-corrected chi connectivity index (χ4v) is 2.61. The number of nitrogens with zero attached hydrogens (tertiary/aromatic N) is 1. The Balaban J connectivity index is 1.71. The van der Waals surface area contributed by atoms with E-state index in [9.17, 15) is 9.18 Å². The first-order valence-electron chi connectivity index (χ1n) is 8.19. The number of halogens is 1. The van der Waals surface area contributed by atoms with Gasteiger partial charge < -0.3 is 20.1 Å². The average Bonchev–Trinajstić information content (AvgIpc) is 2.63. The highest BCUT2D eigenvalue weighted by molar-refractivity contribution is 6.04. The van der Waals surface area contributed by atoms with Gasteiger partial charge in [-0.25, -0.2) is 9.37 Å². The number of hydrogen-bond acceptors (Lipinski definition) is 5. The van der Waals surface area contributed by atoms with Gasteiger partial charge >= 0.3 is 0 Å². The van der Waals surface area contributed by atoms with Crippen molar-refractivity contribution in [2.75, 3.05) is 31.6 Å². The van der Waals surface area contributed by atoms with Gasteiger partial charge in [-0.3, -0.25) is 4.79 Å². The number of rotatable bonds is 5. The fraction of sp³-hybridized carbons (Fsp3) is 0.333. The van der Waals surface area contributed by atoms with Gasteiger partial charge in [0.2, 0.25) is 5.88 Å². The number of amides is 1. The summed E-state index contributed by atoms with van der Waals surface area (Å²) in [5.74, 6) is -0.388. The lowest BCUT2D eigenvalue weighted by Crippen LogP contribution is -2.33. The summed E-state index contributed by atoms with van der Waals surface area (Å²) in [6, 6.07) is 7.73. The number of carbonyl (C=O) groups excluding carboxylic acids is 1. The third-order valence-electron chi connectivity index (χ3n) is 3.82. The van der Waals surface area contributed by atoms with Crippen molar-refractivity contribution in [3.63, 3.8) is 0 Å². The van der Waals surface area contributed by atoms with Crippen LogP contribution in [0.25, 0.3) is 0 Å². The molecule has 25 heavy (non-hydrogen) atoms. The molecule has 0 spiro atoms. The Morgan fingerprint density at radius 3 is 3.04 bits per heavy atom. The Morgan fingerprint density at radius 2 is 2.32 bits per heavy atom. The topological polar surface area (TPSA) is 72.5 Å². The zero-order valence-electron chi connectivity index (χ0n) is 13.9. The van der Waals surface area contributed by atoms with Crippen LogP contribution >= 0.6 is 0 Å². The minimum atomic E-state index is -0.406. The molecule has 1 fully saturated rings. The second-order valence-corrected chi connectivity index (χ2v) is 5.57. The number of ether oxygens (including phenoxy) is 2. The van der Waals surface area contributed by atoms with Crippen LogP contribution in [-0.2, 0) is 4.74 Å². The molecule has 1 aromatic carbocycles. The summed E-state index contributed by atoms with van der Waals surface area (Å²) in [4.78, 5) is 16.3. The van der Waals surface area contributed by atoms with Crippen LogP contribution in [0.2, 0.25) is 0 Å². The monoisotopic (exact) mass is 345 g/mol. The lowest BCUT2D eigenvalue weighted by molar-refractivity contribution is 0.0255. The summed E-state index contributed by atoms with van der Waals surface area (Å²) in [5.41, 5.74) is 1.25. The molecule has 1 aliphatic heterocycles. The molecule has 7 heteroatoms. The normalized spacial score (nSPS) is 17.1.